The summed E-state index contributed by atoms with van der Waals surface area (Å²) in [7, 11) is 0. The molecule has 2 saturated heterocycles. The Kier molecular flexibility index (Phi) is 6.03. The molecule has 2 aliphatic heterocycles. The molecule has 11 heteroatoms. The number of anilines is 2. The molecule has 3 aromatic rings. The van der Waals surface area contributed by atoms with Gasteiger partial charge in [0.25, 0.3) is 6.43 Å². The molecule has 0 spiro atoms. The van der Waals surface area contributed by atoms with Crippen LogP contribution in [0.5, 0.6) is 0 Å². The van der Waals surface area contributed by atoms with Crippen molar-refractivity contribution < 1.29 is 23.1 Å². The Morgan fingerprint density at radius 3 is 2.79 bits per heavy atom. The highest BCUT2D eigenvalue weighted by Crippen LogP contribution is 2.39. The molecule has 2 aliphatic rings. The molecular formula is C23H25F3N6O2. The standard InChI is InChI=1S/C23H25F3N6O2/c24-14-5-6-16(21(25)26)17(11-14)19-4-2-9-31(19)20-7-10-32-22(29-20)18(12-27-32)28-23(34)30-8-1-3-15(33)13-30/h5-7,10-12,15,19,21,33H,1-4,8-9,13H2,(H,28,34). The van der Waals surface area contributed by atoms with Crippen molar-refractivity contribution in [1.29, 1.82) is 0 Å². The van der Waals surface area contributed by atoms with Crippen LogP contribution in [0.25, 0.3) is 5.65 Å². The Morgan fingerprint density at radius 1 is 1.18 bits per heavy atom. The quantitative estimate of drug-likeness (QED) is 0.594. The molecule has 2 unspecified atom stereocenters. The molecule has 2 atom stereocenters. The molecule has 8 nitrogen and oxygen atoms in total. The van der Waals surface area contributed by atoms with Crippen LogP contribution in [0.1, 0.15) is 49.3 Å². The summed E-state index contributed by atoms with van der Waals surface area (Å²) in [6.07, 6.45) is 2.66. The molecule has 0 radical (unpaired) electrons. The van der Waals surface area contributed by atoms with E-state index in [4.69, 9.17) is 0 Å². The lowest BCUT2D eigenvalue weighted by atomic mass is 9.98. The number of likely N-dealkylation sites (tertiary alicyclic amines) is 1. The van der Waals surface area contributed by atoms with E-state index in [1.807, 2.05) is 4.90 Å². The zero-order chi connectivity index (χ0) is 23.8. The summed E-state index contributed by atoms with van der Waals surface area (Å²) in [6.45, 7) is 1.39. The van der Waals surface area contributed by atoms with Crippen molar-refractivity contribution in [3.05, 3.63) is 53.6 Å². The van der Waals surface area contributed by atoms with E-state index in [0.717, 1.165) is 25.0 Å². The maximum Gasteiger partial charge on any atom is 0.322 e. The number of hydrogen-bond acceptors (Lipinski definition) is 5. The van der Waals surface area contributed by atoms with Gasteiger partial charge in [-0.1, -0.05) is 6.07 Å². The fourth-order valence-corrected chi connectivity index (χ4v) is 4.84. The summed E-state index contributed by atoms with van der Waals surface area (Å²) in [4.78, 5) is 20.8. The maximum atomic E-state index is 14.0. The molecule has 180 valence electrons. The second-order valence-electron chi connectivity index (χ2n) is 8.71. The lowest BCUT2D eigenvalue weighted by Gasteiger charge is -2.30. The molecule has 0 aliphatic carbocycles. The van der Waals surface area contributed by atoms with E-state index in [1.54, 1.807) is 17.2 Å². The zero-order valence-corrected chi connectivity index (χ0v) is 18.4. The van der Waals surface area contributed by atoms with Gasteiger partial charge in [-0.05, 0) is 49.4 Å². The number of aliphatic hydroxyl groups excluding tert-OH is 1. The van der Waals surface area contributed by atoms with E-state index in [9.17, 15) is 23.1 Å². The van der Waals surface area contributed by atoms with Crippen molar-refractivity contribution in [1.82, 2.24) is 19.5 Å². The first-order valence-electron chi connectivity index (χ1n) is 11.3. The topological polar surface area (TPSA) is 86.0 Å². The fraction of sp³-hybridized carbons (Fsp3) is 0.435. The number of fused-ring (bicyclic) bond motifs is 1. The van der Waals surface area contributed by atoms with Gasteiger partial charge in [-0.3, -0.25) is 0 Å². The number of rotatable bonds is 4. The van der Waals surface area contributed by atoms with E-state index >= 15 is 0 Å². The number of β-amino-alcohol motifs (C(OH)–C–C–N with tert-alkyl or cyclic N) is 1. The largest absolute Gasteiger partial charge is 0.391 e. The highest BCUT2D eigenvalue weighted by atomic mass is 19.3. The van der Waals surface area contributed by atoms with Crippen molar-refractivity contribution in [2.24, 2.45) is 0 Å². The van der Waals surface area contributed by atoms with Crippen LogP contribution in [0, 0.1) is 5.82 Å². The minimum Gasteiger partial charge on any atom is -0.391 e. The van der Waals surface area contributed by atoms with Gasteiger partial charge in [0.15, 0.2) is 5.65 Å². The fourth-order valence-electron chi connectivity index (χ4n) is 4.84. The number of benzene rings is 1. The summed E-state index contributed by atoms with van der Waals surface area (Å²) in [5.74, 6) is -0.0258. The summed E-state index contributed by atoms with van der Waals surface area (Å²) in [5, 5.41) is 16.9. The van der Waals surface area contributed by atoms with Gasteiger partial charge < -0.3 is 20.2 Å². The predicted octanol–water partition coefficient (Wildman–Crippen LogP) is 4.14. The molecule has 5 rings (SSSR count). The van der Waals surface area contributed by atoms with Crippen molar-refractivity contribution in [2.75, 3.05) is 29.9 Å². The summed E-state index contributed by atoms with van der Waals surface area (Å²) in [5.41, 5.74) is 0.893. The molecule has 1 aromatic carbocycles. The Hall–Kier alpha value is -3.34. The molecule has 2 N–H and O–H groups in total. The predicted molar refractivity (Wildman–Crippen MR) is 119 cm³/mol. The number of halogens is 3. The van der Waals surface area contributed by atoms with Gasteiger partial charge in [-0.2, -0.15) is 5.10 Å². The van der Waals surface area contributed by atoms with Gasteiger partial charge in [-0.15, -0.1) is 0 Å². The van der Waals surface area contributed by atoms with Gasteiger partial charge in [-0.25, -0.2) is 27.5 Å². The van der Waals surface area contributed by atoms with Gasteiger partial charge in [0.2, 0.25) is 0 Å². The minimum absolute atomic E-state index is 0.180. The Labute approximate surface area is 194 Å². The number of hydrogen-bond donors (Lipinski definition) is 2. The first-order valence-corrected chi connectivity index (χ1v) is 11.3. The van der Waals surface area contributed by atoms with Crippen molar-refractivity contribution in [3.8, 4) is 0 Å². The molecule has 0 bridgehead atoms. The first kappa shape index (κ1) is 22.5. The van der Waals surface area contributed by atoms with E-state index in [2.05, 4.69) is 15.4 Å². The third kappa shape index (κ3) is 4.27. The number of amides is 2. The number of carbonyl (C=O) groups excluding carboxylic acids is 1. The monoisotopic (exact) mass is 474 g/mol. The summed E-state index contributed by atoms with van der Waals surface area (Å²) in [6, 6.07) is 4.32. The van der Waals surface area contributed by atoms with Crippen LogP contribution >= 0.6 is 0 Å². The maximum absolute atomic E-state index is 14.0. The number of nitrogens with one attached hydrogen (secondary N) is 1. The Morgan fingerprint density at radius 2 is 2.00 bits per heavy atom. The normalized spacial score (nSPS) is 21.0. The van der Waals surface area contributed by atoms with E-state index in [-0.39, 0.29) is 23.7 Å². The number of nitrogens with zero attached hydrogens (tertiary/aromatic N) is 5. The third-order valence-electron chi connectivity index (χ3n) is 6.47. The van der Waals surface area contributed by atoms with Gasteiger partial charge >= 0.3 is 6.03 Å². The highest BCUT2D eigenvalue weighted by molar-refractivity contribution is 5.93. The number of aromatic nitrogens is 3. The second kappa shape index (κ2) is 9.13. The van der Waals surface area contributed by atoms with Gasteiger partial charge in [0.1, 0.15) is 17.3 Å². The Bertz CT molecular complexity index is 1200. The summed E-state index contributed by atoms with van der Waals surface area (Å²) >= 11 is 0. The number of carbonyl (C=O) groups is 1. The van der Waals surface area contributed by atoms with Crippen molar-refractivity contribution >= 4 is 23.2 Å². The molecule has 2 amide bonds. The lowest BCUT2D eigenvalue weighted by molar-refractivity contribution is 0.0883. The van der Waals surface area contributed by atoms with Crippen LogP contribution in [-0.2, 0) is 0 Å². The molecule has 0 saturated carbocycles. The third-order valence-corrected chi connectivity index (χ3v) is 6.47. The van der Waals surface area contributed by atoms with Gasteiger partial charge in [0.05, 0.1) is 18.3 Å². The van der Waals surface area contributed by atoms with E-state index in [0.29, 0.717) is 43.1 Å². The molecule has 2 fully saturated rings. The van der Waals surface area contributed by atoms with Crippen LogP contribution in [-0.4, -0.2) is 56.4 Å². The minimum atomic E-state index is -2.71. The number of piperidine rings is 1. The molecular weight excluding hydrogens is 449 g/mol. The van der Waals surface area contributed by atoms with Crippen molar-refractivity contribution in [3.63, 3.8) is 0 Å². The average Bonchev–Trinajstić information content (AvgIpc) is 3.46. The zero-order valence-electron chi connectivity index (χ0n) is 18.4. The van der Waals surface area contributed by atoms with Crippen LogP contribution in [0.3, 0.4) is 0 Å². The molecule has 4 heterocycles. The smallest absolute Gasteiger partial charge is 0.322 e. The lowest BCUT2D eigenvalue weighted by Crippen LogP contribution is -2.44. The Balaban J connectivity index is 1.43. The highest BCUT2D eigenvalue weighted by Gasteiger charge is 2.31. The van der Waals surface area contributed by atoms with Crippen LogP contribution in [0.4, 0.5) is 29.5 Å². The number of urea groups is 1. The second-order valence-corrected chi connectivity index (χ2v) is 8.71. The van der Waals surface area contributed by atoms with Crippen LogP contribution in [0.2, 0.25) is 0 Å². The average molecular weight is 474 g/mol. The first-order chi connectivity index (χ1) is 16.4. The van der Waals surface area contributed by atoms with Crippen molar-refractivity contribution in [2.45, 2.75) is 44.3 Å². The van der Waals surface area contributed by atoms with E-state index < -0.39 is 24.4 Å². The number of aliphatic hydroxyl groups is 1. The number of alkyl halides is 2. The molecule has 34 heavy (non-hydrogen) atoms. The van der Waals surface area contributed by atoms with E-state index in [1.165, 1.54) is 16.8 Å². The van der Waals surface area contributed by atoms with Crippen LogP contribution < -0.4 is 10.2 Å². The molecule has 2 aromatic heterocycles. The van der Waals surface area contributed by atoms with Gasteiger partial charge in [0, 0.05) is 31.4 Å². The summed E-state index contributed by atoms with van der Waals surface area (Å²) < 4.78 is 42.7. The SMILES string of the molecule is O=C(Nc1cnn2ccc(N3CCCC3c3cc(F)ccc3C(F)F)nc12)N1CCCC(O)C1. The van der Waals surface area contributed by atoms with Crippen LogP contribution in [0.15, 0.2) is 36.7 Å².